The summed E-state index contributed by atoms with van der Waals surface area (Å²) in [6.45, 7) is 4.16. The molecule has 2 aromatic rings. The summed E-state index contributed by atoms with van der Waals surface area (Å²) in [7, 11) is 0. The predicted octanol–water partition coefficient (Wildman–Crippen LogP) is 2.57. The van der Waals surface area contributed by atoms with Gasteiger partial charge in [-0.25, -0.2) is 4.98 Å². The van der Waals surface area contributed by atoms with E-state index in [9.17, 15) is 0 Å². The Morgan fingerprint density at radius 3 is 3.00 bits per heavy atom. The number of pyridine rings is 1. The van der Waals surface area contributed by atoms with E-state index in [2.05, 4.69) is 17.0 Å². The van der Waals surface area contributed by atoms with E-state index in [-0.39, 0.29) is 5.84 Å². The van der Waals surface area contributed by atoms with Crippen molar-refractivity contribution in [2.24, 2.45) is 16.8 Å². The Morgan fingerprint density at radius 2 is 2.24 bits per heavy atom. The molecule has 1 unspecified atom stereocenters. The van der Waals surface area contributed by atoms with Crippen LogP contribution in [0, 0.1) is 5.92 Å². The van der Waals surface area contributed by atoms with Gasteiger partial charge in [0.05, 0.1) is 11.1 Å². The van der Waals surface area contributed by atoms with Crippen molar-refractivity contribution in [3.8, 4) is 0 Å². The number of aromatic nitrogens is 1. The fourth-order valence-corrected chi connectivity index (χ4v) is 2.97. The highest BCUT2D eigenvalue weighted by Crippen LogP contribution is 2.27. The van der Waals surface area contributed by atoms with Gasteiger partial charge in [-0.2, -0.15) is 0 Å². The maximum Gasteiger partial charge on any atom is 0.173 e. The molecule has 1 saturated heterocycles. The van der Waals surface area contributed by atoms with Gasteiger partial charge in [-0.1, -0.05) is 30.3 Å². The lowest BCUT2D eigenvalue weighted by molar-refractivity contribution is 0.318. The Morgan fingerprint density at radius 1 is 1.43 bits per heavy atom. The van der Waals surface area contributed by atoms with Gasteiger partial charge in [-0.05, 0) is 30.9 Å². The summed E-state index contributed by atoms with van der Waals surface area (Å²) in [4.78, 5) is 7.00. The van der Waals surface area contributed by atoms with Crippen molar-refractivity contribution in [1.82, 2.24) is 4.98 Å². The van der Waals surface area contributed by atoms with Gasteiger partial charge in [0.25, 0.3) is 0 Å². The van der Waals surface area contributed by atoms with Gasteiger partial charge >= 0.3 is 0 Å². The van der Waals surface area contributed by atoms with E-state index in [1.165, 1.54) is 6.42 Å². The molecular weight excluding hydrogens is 264 g/mol. The van der Waals surface area contributed by atoms with Crippen LogP contribution in [0.5, 0.6) is 0 Å². The summed E-state index contributed by atoms with van der Waals surface area (Å²) >= 11 is 0. The molecule has 1 aromatic carbocycles. The van der Waals surface area contributed by atoms with Gasteiger partial charge in [-0.15, -0.1) is 0 Å². The molecule has 0 spiro atoms. The van der Waals surface area contributed by atoms with E-state index < -0.39 is 0 Å². The topological polar surface area (TPSA) is 74.7 Å². The first-order chi connectivity index (χ1) is 10.2. The number of fused-ring (bicyclic) bond motifs is 1. The number of piperidine rings is 1. The first-order valence-corrected chi connectivity index (χ1v) is 7.31. The Bertz CT molecular complexity index is 683. The number of hydrogen-bond donors (Lipinski definition) is 2. The van der Waals surface area contributed by atoms with Crippen molar-refractivity contribution in [1.29, 1.82) is 0 Å². The summed E-state index contributed by atoms with van der Waals surface area (Å²) in [6.07, 6.45) is 2.38. The second-order valence-corrected chi connectivity index (χ2v) is 5.73. The minimum absolute atomic E-state index is 0.112. The maximum absolute atomic E-state index is 9.05. The van der Waals surface area contributed by atoms with Crippen molar-refractivity contribution in [3.05, 3.63) is 35.9 Å². The molecule has 0 aliphatic carbocycles. The smallest absolute Gasteiger partial charge is 0.173 e. The van der Waals surface area contributed by atoms with Crippen molar-refractivity contribution >= 4 is 22.6 Å². The number of rotatable bonds is 2. The number of hydrogen-bond acceptors (Lipinski definition) is 4. The normalized spacial score (nSPS) is 20.0. The average molecular weight is 284 g/mol. The lowest BCUT2D eigenvalue weighted by atomic mass is 9.99. The SMILES string of the molecule is CC1CCCN(c2nc3ccccc3cc2C(N)=NO)C1. The van der Waals surface area contributed by atoms with Crippen LogP contribution in [0.3, 0.4) is 0 Å². The Balaban J connectivity index is 2.13. The van der Waals surface area contributed by atoms with Crippen molar-refractivity contribution in [2.75, 3.05) is 18.0 Å². The molecule has 0 amide bonds. The third kappa shape index (κ3) is 2.63. The van der Waals surface area contributed by atoms with Crippen molar-refractivity contribution in [3.63, 3.8) is 0 Å². The molecule has 1 aliphatic heterocycles. The molecule has 1 aromatic heterocycles. The first-order valence-electron chi connectivity index (χ1n) is 7.31. The quantitative estimate of drug-likeness (QED) is 0.385. The summed E-state index contributed by atoms with van der Waals surface area (Å²) in [5.74, 6) is 1.56. The average Bonchev–Trinajstić information content (AvgIpc) is 2.53. The molecule has 0 saturated carbocycles. The highest BCUT2D eigenvalue weighted by atomic mass is 16.4. The maximum atomic E-state index is 9.05. The molecule has 0 bridgehead atoms. The Hall–Kier alpha value is -2.30. The molecule has 1 aliphatic rings. The summed E-state index contributed by atoms with van der Waals surface area (Å²) in [5.41, 5.74) is 7.49. The predicted molar refractivity (Wildman–Crippen MR) is 84.9 cm³/mol. The number of para-hydroxylation sites is 1. The van der Waals surface area contributed by atoms with Crippen LogP contribution in [-0.4, -0.2) is 29.1 Å². The summed E-state index contributed by atoms with van der Waals surface area (Å²) < 4.78 is 0. The van der Waals surface area contributed by atoms with E-state index in [0.29, 0.717) is 11.5 Å². The van der Waals surface area contributed by atoms with Crippen LogP contribution in [0.4, 0.5) is 5.82 Å². The summed E-state index contributed by atoms with van der Waals surface area (Å²) in [6, 6.07) is 9.86. The number of anilines is 1. The number of benzene rings is 1. The van der Waals surface area contributed by atoms with Crippen molar-refractivity contribution < 1.29 is 5.21 Å². The molecular formula is C16H20N4O. The van der Waals surface area contributed by atoms with Gasteiger partial charge in [0.15, 0.2) is 5.84 Å². The fraction of sp³-hybridized carbons (Fsp3) is 0.375. The van der Waals surface area contributed by atoms with Crippen LogP contribution in [-0.2, 0) is 0 Å². The van der Waals surface area contributed by atoms with Crippen LogP contribution in [0.1, 0.15) is 25.3 Å². The first kappa shape index (κ1) is 13.7. The van der Waals surface area contributed by atoms with Crippen LogP contribution in [0.15, 0.2) is 35.5 Å². The number of amidine groups is 1. The zero-order chi connectivity index (χ0) is 14.8. The van der Waals surface area contributed by atoms with E-state index in [0.717, 1.165) is 36.2 Å². The standard InChI is InChI=1S/C16H20N4O/c1-11-5-4-8-20(10-11)16-13(15(17)19-21)9-12-6-2-3-7-14(12)18-16/h2-3,6-7,9,11,21H,4-5,8,10H2,1H3,(H2,17,19). The fourth-order valence-electron chi connectivity index (χ4n) is 2.97. The number of oxime groups is 1. The zero-order valence-electron chi connectivity index (χ0n) is 12.2. The van der Waals surface area contributed by atoms with Crippen LogP contribution in [0.25, 0.3) is 10.9 Å². The van der Waals surface area contributed by atoms with E-state index in [1.54, 1.807) is 0 Å². The minimum Gasteiger partial charge on any atom is -0.409 e. The molecule has 2 heterocycles. The zero-order valence-corrected chi connectivity index (χ0v) is 12.2. The lowest BCUT2D eigenvalue weighted by Crippen LogP contribution is -2.36. The largest absolute Gasteiger partial charge is 0.409 e. The van der Waals surface area contributed by atoms with Crippen LogP contribution in [0.2, 0.25) is 0 Å². The molecule has 21 heavy (non-hydrogen) atoms. The minimum atomic E-state index is 0.112. The van der Waals surface area contributed by atoms with Gasteiger partial charge < -0.3 is 15.8 Å². The number of nitrogens with two attached hydrogens (primary N) is 1. The highest BCUT2D eigenvalue weighted by molar-refractivity contribution is 6.04. The second kappa shape index (κ2) is 5.60. The highest BCUT2D eigenvalue weighted by Gasteiger charge is 2.22. The van der Waals surface area contributed by atoms with E-state index >= 15 is 0 Å². The number of nitrogens with zero attached hydrogens (tertiary/aromatic N) is 3. The lowest BCUT2D eigenvalue weighted by Gasteiger charge is -2.33. The monoisotopic (exact) mass is 284 g/mol. The Kier molecular flexibility index (Phi) is 3.64. The van der Waals surface area contributed by atoms with Gasteiger partial charge in [0.2, 0.25) is 0 Å². The molecule has 3 N–H and O–H groups in total. The molecule has 110 valence electrons. The third-order valence-electron chi connectivity index (χ3n) is 4.04. The second-order valence-electron chi connectivity index (χ2n) is 5.73. The summed E-state index contributed by atoms with van der Waals surface area (Å²) in [5, 5.41) is 13.2. The molecule has 5 heteroatoms. The van der Waals surface area contributed by atoms with Crippen LogP contribution >= 0.6 is 0 Å². The van der Waals surface area contributed by atoms with Gasteiger partial charge in [0.1, 0.15) is 5.82 Å². The molecule has 5 nitrogen and oxygen atoms in total. The molecule has 3 rings (SSSR count). The molecule has 1 fully saturated rings. The molecule has 0 radical (unpaired) electrons. The van der Waals surface area contributed by atoms with Crippen LogP contribution < -0.4 is 10.6 Å². The van der Waals surface area contributed by atoms with Crippen molar-refractivity contribution in [2.45, 2.75) is 19.8 Å². The van der Waals surface area contributed by atoms with E-state index in [1.807, 2.05) is 30.3 Å². The van der Waals surface area contributed by atoms with Gasteiger partial charge in [0, 0.05) is 18.5 Å². The van der Waals surface area contributed by atoms with Gasteiger partial charge in [-0.3, -0.25) is 0 Å². The third-order valence-corrected chi connectivity index (χ3v) is 4.04. The molecule has 1 atom stereocenters. The van der Waals surface area contributed by atoms with E-state index in [4.69, 9.17) is 15.9 Å². The Labute approximate surface area is 124 Å².